The lowest BCUT2D eigenvalue weighted by Gasteiger charge is -2.29. The third kappa shape index (κ3) is 7.18. The number of allylic oxidation sites excluding steroid dienone is 2. The topological polar surface area (TPSA) is 91.3 Å². The predicted octanol–water partition coefficient (Wildman–Crippen LogP) is 2.75. The first-order chi connectivity index (χ1) is 13.5. The Morgan fingerprint density at radius 1 is 1.18 bits per heavy atom. The summed E-state index contributed by atoms with van der Waals surface area (Å²) in [6.07, 6.45) is 9.53. The van der Waals surface area contributed by atoms with Crippen LogP contribution in [0.1, 0.15) is 58.3 Å². The van der Waals surface area contributed by atoms with E-state index in [1.165, 1.54) is 14.0 Å². The summed E-state index contributed by atoms with van der Waals surface area (Å²) in [5, 5.41) is 9.98. The van der Waals surface area contributed by atoms with Gasteiger partial charge in [-0.2, -0.15) is 0 Å². The summed E-state index contributed by atoms with van der Waals surface area (Å²) in [7, 11) is 1.39. The van der Waals surface area contributed by atoms with Crippen LogP contribution in [0.15, 0.2) is 12.2 Å². The van der Waals surface area contributed by atoms with E-state index in [4.69, 9.17) is 14.2 Å². The van der Waals surface area contributed by atoms with Crippen LogP contribution in [0, 0.1) is 11.8 Å². The Morgan fingerprint density at radius 2 is 2.00 bits per heavy atom. The van der Waals surface area contributed by atoms with E-state index in [1.807, 2.05) is 12.2 Å². The zero-order chi connectivity index (χ0) is 20.4. The molecule has 0 amide bonds. The van der Waals surface area contributed by atoms with Gasteiger partial charge in [0.2, 0.25) is 0 Å². The molecule has 1 saturated heterocycles. The molecule has 7 nitrogen and oxygen atoms in total. The number of aliphatic hydroxyl groups excluding tert-OH is 1. The van der Waals surface area contributed by atoms with Crippen molar-refractivity contribution in [2.45, 2.75) is 76.8 Å². The largest absolute Gasteiger partial charge is 0.469 e. The van der Waals surface area contributed by atoms with Crippen molar-refractivity contribution < 1.29 is 33.6 Å². The van der Waals surface area contributed by atoms with Crippen molar-refractivity contribution in [3.05, 3.63) is 12.2 Å². The minimum absolute atomic E-state index is 0.000604. The highest BCUT2D eigenvalue weighted by molar-refractivity contribution is 5.69. The maximum Gasteiger partial charge on any atom is 0.305 e. The summed E-state index contributed by atoms with van der Waals surface area (Å²) in [6.45, 7) is 2.09. The Hall–Kier alpha value is -1.44. The molecule has 1 heterocycles. The van der Waals surface area contributed by atoms with Crippen LogP contribution in [0.4, 0.5) is 0 Å². The molecule has 0 spiro atoms. The van der Waals surface area contributed by atoms with Gasteiger partial charge in [-0.1, -0.05) is 12.2 Å². The first-order valence-electron chi connectivity index (χ1n) is 10.3. The van der Waals surface area contributed by atoms with Gasteiger partial charge in [-0.25, -0.2) is 0 Å². The van der Waals surface area contributed by atoms with Gasteiger partial charge in [-0.05, 0) is 38.5 Å². The number of carbonyl (C=O) groups is 2. The predicted molar refractivity (Wildman–Crippen MR) is 102 cm³/mol. The number of hydrogen-bond acceptors (Lipinski definition) is 7. The Labute approximate surface area is 167 Å². The van der Waals surface area contributed by atoms with E-state index in [9.17, 15) is 14.7 Å². The number of hydrogen-bond donors (Lipinski definition) is 1. The third-order valence-electron chi connectivity index (χ3n) is 5.52. The standard InChI is InChI=1S/C21H34O7/c1-15(23)27-18-13-19(28-21-11-7-8-12-26-21)17(14-22)16(18)9-5-3-4-6-10-20(24)25-2/h3,5,16-19,21-22H,4,6-14H2,1-2H3/b5-3-/t16-,17-,18+,19-,21?/m1/s1. The van der Waals surface area contributed by atoms with Crippen molar-refractivity contribution in [1.29, 1.82) is 0 Å². The van der Waals surface area contributed by atoms with E-state index >= 15 is 0 Å². The number of aliphatic hydroxyl groups is 1. The van der Waals surface area contributed by atoms with Gasteiger partial charge in [0, 0.05) is 44.8 Å². The monoisotopic (exact) mass is 398 g/mol. The molecule has 2 rings (SSSR count). The fraction of sp³-hybridized carbons (Fsp3) is 0.810. The molecule has 2 fully saturated rings. The van der Waals surface area contributed by atoms with E-state index in [1.54, 1.807) is 0 Å². The molecule has 0 aromatic rings. The van der Waals surface area contributed by atoms with E-state index in [0.717, 1.165) is 32.1 Å². The molecule has 0 radical (unpaired) electrons. The van der Waals surface area contributed by atoms with E-state index in [2.05, 4.69) is 4.74 Å². The second-order valence-electron chi connectivity index (χ2n) is 7.54. The van der Waals surface area contributed by atoms with Crippen molar-refractivity contribution >= 4 is 11.9 Å². The zero-order valence-electron chi connectivity index (χ0n) is 17.0. The average molecular weight is 398 g/mol. The molecule has 1 N–H and O–H groups in total. The minimum atomic E-state index is -0.316. The Bertz CT molecular complexity index is 513. The molecule has 2 aliphatic rings. The van der Waals surface area contributed by atoms with Gasteiger partial charge in [-0.3, -0.25) is 9.59 Å². The number of methoxy groups -OCH3 is 1. The Morgan fingerprint density at radius 3 is 2.64 bits per heavy atom. The molecule has 0 aromatic heterocycles. The normalized spacial score (nSPS) is 30.5. The van der Waals surface area contributed by atoms with Crippen molar-refractivity contribution in [2.24, 2.45) is 11.8 Å². The smallest absolute Gasteiger partial charge is 0.305 e. The molecule has 1 unspecified atom stereocenters. The number of esters is 2. The van der Waals surface area contributed by atoms with Crippen LogP contribution in [0.25, 0.3) is 0 Å². The van der Waals surface area contributed by atoms with Crippen LogP contribution in [0.2, 0.25) is 0 Å². The van der Waals surface area contributed by atoms with Gasteiger partial charge in [-0.15, -0.1) is 0 Å². The fourth-order valence-electron chi connectivity index (χ4n) is 4.07. The minimum Gasteiger partial charge on any atom is -0.469 e. The lowest BCUT2D eigenvalue weighted by Crippen LogP contribution is -2.33. The van der Waals surface area contributed by atoms with Crippen LogP contribution in [-0.2, 0) is 28.5 Å². The molecule has 1 aliphatic heterocycles. The lowest BCUT2D eigenvalue weighted by molar-refractivity contribution is -0.198. The number of ether oxygens (including phenoxy) is 4. The number of carbonyl (C=O) groups excluding carboxylic acids is 2. The van der Waals surface area contributed by atoms with Crippen LogP contribution in [0.5, 0.6) is 0 Å². The lowest BCUT2D eigenvalue weighted by atomic mass is 9.91. The van der Waals surface area contributed by atoms with Crippen molar-refractivity contribution in [2.75, 3.05) is 20.3 Å². The fourth-order valence-corrected chi connectivity index (χ4v) is 4.07. The third-order valence-corrected chi connectivity index (χ3v) is 5.52. The van der Waals surface area contributed by atoms with Gasteiger partial charge in [0.1, 0.15) is 6.10 Å². The maximum atomic E-state index is 11.5. The van der Waals surface area contributed by atoms with Crippen LogP contribution in [0.3, 0.4) is 0 Å². The first-order valence-corrected chi connectivity index (χ1v) is 10.3. The van der Waals surface area contributed by atoms with Crippen molar-refractivity contribution in [1.82, 2.24) is 0 Å². The SMILES string of the molecule is COC(=O)CCC/C=C\C[C@@H]1[C@@H](CO)[C@H](OC2CCCCO2)C[C@@H]1OC(C)=O. The molecule has 0 aromatic carbocycles. The number of unbranched alkanes of at least 4 members (excludes halogenated alkanes) is 1. The molecule has 160 valence electrons. The molecular weight excluding hydrogens is 364 g/mol. The summed E-state index contributed by atoms with van der Waals surface area (Å²) in [5.41, 5.74) is 0. The summed E-state index contributed by atoms with van der Waals surface area (Å²) < 4.78 is 22.0. The Kier molecular flexibility index (Phi) is 9.95. The second-order valence-corrected chi connectivity index (χ2v) is 7.54. The second kappa shape index (κ2) is 12.2. The van der Waals surface area contributed by atoms with Gasteiger partial charge in [0.25, 0.3) is 0 Å². The molecule has 1 aliphatic carbocycles. The van der Waals surface area contributed by atoms with Gasteiger partial charge in [0.05, 0.1) is 13.2 Å². The Balaban J connectivity index is 1.91. The van der Waals surface area contributed by atoms with E-state index < -0.39 is 0 Å². The van der Waals surface area contributed by atoms with Crippen molar-refractivity contribution in [3.8, 4) is 0 Å². The van der Waals surface area contributed by atoms with Gasteiger partial charge in [0.15, 0.2) is 6.29 Å². The summed E-state index contributed by atoms with van der Waals surface area (Å²) in [5.74, 6) is -0.623. The van der Waals surface area contributed by atoms with Crippen molar-refractivity contribution in [3.63, 3.8) is 0 Å². The molecule has 5 atom stereocenters. The van der Waals surface area contributed by atoms with Crippen LogP contribution in [-0.4, -0.2) is 55.9 Å². The van der Waals surface area contributed by atoms with Gasteiger partial charge < -0.3 is 24.1 Å². The van der Waals surface area contributed by atoms with Crippen LogP contribution >= 0.6 is 0 Å². The molecule has 1 saturated carbocycles. The van der Waals surface area contributed by atoms with E-state index in [0.29, 0.717) is 25.9 Å². The molecule has 0 bridgehead atoms. The van der Waals surface area contributed by atoms with Gasteiger partial charge >= 0.3 is 11.9 Å². The average Bonchev–Trinajstić information content (AvgIpc) is 3.00. The maximum absolute atomic E-state index is 11.5. The zero-order valence-corrected chi connectivity index (χ0v) is 17.0. The molecule has 28 heavy (non-hydrogen) atoms. The highest BCUT2D eigenvalue weighted by Gasteiger charge is 2.45. The quantitative estimate of drug-likeness (QED) is 0.344. The molecular formula is C21H34O7. The molecule has 7 heteroatoms. The summed E-state index contributed by atoms with van der Waals surface area (Å²) in [6, 6.07) is 0. The summed E-state index contributed by atoms with van der Waals surface area (Å²) >= 11 is 0. The highest BCUT2D eigenvalue weighted by atomic mass is 16.7. The highest BCUT2D eigenvalue weighted by Crippen LogP contribution is 2.40. The van der Waals surface area contributed by atoms with E-state index in [-0.39, 0.29) is 48.9 Å². The summed E-state index contributed by atoms with van der Waals surface area (Å²) in [4.78, 5) is 22.7. The number of rotatable bonds is 10. The van der Waals surface area contributed by atoms with Crippen LogP contribution < -0.4 is 0 Å². The first kappa shape index (κ1) is 22.8.